The SMILES string of the molecule is C[P]c1ccccc1.Cl. The molecule has 0 aliphatic carbocycles. The Bertz CT molecular complexity index is 150. The van der Waals surface area contributed by atoms with Gasteiger partial charge in [-0.2, -0.15) is 0 Å². The van der Waals surface area contributed by atoms with Crippen LogP contribution in [-0.2, 0) is 0 Å². The summed E-state index contributed by atoms with van der Waals surface area (Å²) in [7, 11) is 1.35. The maximum absolute atomic E-state index is 2.13. The largest absolute Gasteiger partial charge is 0.147 e. The van der Waals surface area contributed by atoms with Crippen molar-refractivity contribution in [1.29, 1.82) is 0 Å². The van der Waals surface area contributed by atoms with Crippen LogP contribution in [0, 0.1) is 0 Å². The summed E-state index contributed by atoms with van der Waals surface area (Å²) in [6, 6.07) is 10.4. The molecule has 0 atom stereocenters. The van der Waals surface area contributed by atoms with Gasteiger partial charge in [0.1, 0.15) is 0 Å². The second-order valence-electron chi connectivity index (χ2n) is 1.56. The molecule has 9 heavy (non-hydrogen) atoms. The van der Waals surface area contributed by atoms with Crippen molar-refractivity contribution >= 4 is 26.3 Å². The Hall–Kier alpha value is -0.0600. The quantitative estimate of drug-likeness (QED) is 0.552. The highest BCUT2D eigenvalue weighted by Gasteiger charge is 1.80. The molecule has 0 spiro atoms. The van der Waals surface area contributed by atoms with Gasteiger partial charge in [-0.3, -0.25) is 0 Å². The molecule has 49 valence electrons. The van der Waals surface area contributed by atoms with Gasteiger partial charge in [-0.05, 0) is 20.6 Å². The molecule has 1 rings (SSSR count). The summed E-state index contributed by atoms with van der Waals surface area (Å²) in [4.78, 5) is 0. The lowest BCUT2D eigenvalue weighted by atomic mass is 10.4. The fourth-order valence-electron chi connectivity index (χ4n) is 0.577. The van der Waals surface area contributed by atoms with Gasteiger partial charge in [-0.15, -0.1) is 12.4 Å². The van der Waals surface area contributed by atoms with Gasteiger partial charge in [0.2, 0.25) is 0 Å². The van der Waals surface area contributed by atoms with Gasteiger partial charge in [0.25, 0.3) is 0 Å². The summed E-state index contributed by atoms with van der Waals surface area (Å²) in [5, 5.41) is 1.38. The summed E-state index contributed by atoms with van der Waals surface area (Å²) in [6.07, 6.45) is 0. The first-order valence-electron chi connectivity index (χ1n) is 2.58. The smallest absolute Gasteiger partial charge is 0.0196 e. The number of benzene rings is 1. The van der Waals surface area contributed by atoms with Crippen LogP contribution in [-0.4, -0.2) is 6.66 Å². The monoisotopic (exact) mass is 159 g/mol. The number of halogens is 1. The first-order chi connectivity index (χ1) is 3.93. The van der Waals surface area contributed by atoms with E-state index < -0.39 is 0 Å². The lowest BCUT2D eigenvalue weighted by Crippen LogP contribution is -1.87. The molecule has 0 unspecified atom stereocenters. The van der Waals surface area contributed by atoms with E-state index in [1.54, 1.807) is 0 Å². The molecule has 0 heterocycles. The molecule has 0 saturated carbocycles. The molecule has 0 amide bonds. The second-order valence-corrected chi connectivity index (χ2v) is 2.52. The lowest BCUT2D eigenvalue weighted by Gasteiger charge is -1.88. The van der Waals surface area contributed by atoms with Crippen LogP contribution in [0.3, 0.4) is 0 Å². The molecule has 0 bridgehead atoms. The Labute approximate surface area is 63.9 Å². The number of hydrogen-bond acceptors (Lipinski definition) is 0. The molecule has 1 aromatic carbocycles. The van der Waals surface area contributed by atoms with Crippen molar-refractivity contribution in [3.8, 4) is 0 Å². The first kappa shape index (κ1) is 8.94. The summed E-state index contributed by atoms with van der Waals surface area (Å²) < 4.78 is 0. The highest BCUT2D eigenvalue weighted by Crippen LogP contribution is 2.00. The van der Waals surface area contributed by atoms with Crippen LogP contribution in [0.15, 0.2) is 30.3 Å². The van der Waals surface area contributed by atoms with Crippen LogP contribution in [0.5, 0.6) is 0 Å². The maximum atomic E-state index is 2.13. The molecule has 0 N–H and O–H groups in total. The Balaban J connectivity index is 0.000000640. The summed E-state index contributed by atoms with van der Waals surface area (Å²) in [5.41, 5.74) is 0. The van der Waals surface area contributed by atoms with Gasteiger partial charge >= 0.3 is 0 Å². The summed E-state index contributed by atoms with van der Waals surface area (Å²) >= 11 is 0. The average molecular weight is 160 g/mol. The highest BCUT2D eigenvalue weighted by molar-refractivity contribution is 7.46. The van der Waals surface area contributed by atoms with E-state index >= 15 is 0 Å². The van der Waals surface area contributed by atoms with Crippen LogP contribution in [0.25, 0.3) is 0 Å². The fourth-order valence-corrected chi connectivity index (χ4v) is 1.05. The second kappa shape index (κ2) is 4.78. The van der Waals surface area contributed by atoms with Gasteiger partial charge < -0.3 is 0 Å². The zero-order valence-corrected chi connectivity index (χ0v) is 6.95. The molecule has 0 aliphatic heterocycles. The minimum absolute atomic E-state index is 0. The molecule has 1 aromatic rings. The van der Waals surface area contributed by atoms with Gasteiger partial charge in [0.05, 0.1) is 0 Å². The van der Waals surface area contributed by atoms with E-state index in [9.17, 15) is 0 Å². The number of rotatable bonds is 1. The summed E-state index contributed by atoms with van der Waals surface area (Å²) in [6.45, 7) is 2.13. The van der Waals surface area contributed by atoms with Crippen molar-refractivity contribution < 1.29 is 0 Å². The van der Waals surface area contributed by atoms with E-state index in [4.69, 9.17) is 0 Å². The molecular formula is C7H9ClP. The predicted molar refractivity (Wildman–Crippen MR) is 46.2 cm³/mol. The van der Waals surface area contributed by atoms with Crippen molar-refractivity contribution in [3.63, 3.8) is 0 Å². The Morgan fingerprint density at radius 3 is 2.00 bits per heavy atom. The summed E-state index contributed by atoms with van der Waals surface area (Å²) in [5.74, 6) is 0. The van der Waals surface area contributed by atoms with Crippen LogP contribution in [0.2, 0.25) is 0 Å². The Morgan fingerprint density at radius 2 is 1.67 bits per heavy atom. The average Bonchev–Trinajstić information content (AvgIpc) is 1.90. The van der Waals surface area contributed by atoms with Crippen LogP contribution >= 0.6 is 21.0 Å². The van der Waals surface area contributed by atoms with Crippen LogP contribution in [0.4, 0.5) is 0 Å². The van der Waals surface area contributed by atoms with E-state index in [-0.39, 0.29) is 12.4 Å². The molecule has 2 heteroatoms. The van der Waals surface area contributed by atoms with Gasteiger partial charge in [0.15, 0.2) is 0 Å². The van der Waals surface area contributed by atoms with Crippen molar-refractivity contribution in [3.05, 3.63) is 30.3 Å². The van der Waals surface area contributed by atoms with Crippen molar-refractivity contribution in [2.24, 2.45) is 0 Å². The predicted octanol–water partition coefficient (Wildman–Crippen LogP) is 2.31. The van der Waals surface area contributed by atoms with E-state index in [1.165, 1.54) is 13.9 Å². The minimum atomic E-state index is 0. The highest BCUT2D eigenvalue weighted by atomic mass is 35.5. The maximum Gasteiger partial charge on any atom is -0.0196 e. The van der Waals surface area contributed by atoms with E-state index in [0.29, 0.717) is 0 Å². The Morgan fingerprint density at radius 1 is 1.11 bits per heavy atom. The third-order valence-corrected chi connectivity index (χ3v) is 1.83. The van der Waals surface area contributed by atoms with E-state index in [2.05, 4.69) is 30.9 Å². The fraction of sp³-hybridized carbons (Fsp3) is 0.143. The molecular weight excluding hydrogens is 151 g/mol. The third kappa shape index (κ3) is 2.84. The van der Waals surface area contributed by atoms with Crippen molar-refractivity contribution in [2.45, 2.75) is 0 Å². The van der Waals surface area contributed by atoms with Crippen molar-refractivity contribution in [1.82, 2.24) is 0 Å². The molecule has 0 aliphatic rings. The van der Waals surface area contributed by atoms with Gasteiger partial charge in [0, 0.05) is 0 Å². The van der Waals surface area contributed by atoms with Gasteiger partial charge in [-0.1, -0.05) is 30.3 Å². The van der Waals surface area contributed by atoms with E-state index in [0.717, 1.165) is 0 Å². The lowest BCUT2D eigenvalue weighted by molar-refractivity contribution is 1.78. The third-order valence-electron chi connectivity index (χ3n) is 1.01. The molecule has 1 radical (unpaired) electrons. The topological polar surface area (TPSA) is 0 Å². The molecule has 0 aromatic heterocycles. The number of hydrogen-bond donors (Lipinski definition) is 0. The zero-order valence-electron chi connectivity index (χ0n) is 5.24. The van der Waals surface area contributed by atoms with Crippen molar-refractivity contribution in [2.75, 3.05) is 6.66 Å². The van der Waals surface area contributed by atoms with Crippen LogP contribution < -0.4 is 5.30 Å². The standard InChI is InChI=1S/C7H8P.ClH/c1-8-7-5-3-2-4-6-7;/h2-6H,1H3;1H. The zero-order chi connectivity index (χ0) is 5.82. The minimum Gasteiger partial charge on any atom is -0.147 e. The van der Waals surface area contributed by atoms with Crippen LogP contribution in [0.1, 0.15) is 0 Å². The van der Waals surface area contributed by atoms with Gasteiger partial charge in [-0.25, -0.2) is 0 Å². The first-order valence-corrected chi connectivity index (χ1v) is 3.92. The normalized spacial score (nSPS) is 9.44. The molecule has 0 saturated heterocycles. The molecule has 0 nitrogen and oxygen atoms in total. The molecule has 0 fully saturated rings. The van der Waals surface area contributed by atoms with E-state index in [1.807, 2.05) is 6.07 Å². The Kier molecular flexibility index (Phi) is 4.75.